The first-order valence-electron chi connectivity index (χ1n) is 9.46. The minimum Gasteiger partial charge on any atom is -0.368 e. The molecule has 162 valence electrons. The molecule has 0 saturated carbocycles. The molecule has 4 aromatic rings. The number of carbonyl (C=O) groups is 1. The molecule has 0 aliphatic heterocycles. The van der Waals surface area contributed by atoms with E-state index < -0.39 is 28.5 Å². The predicted octanol–water partition coefficient (Wildman–Crippen LogP) is 4.72. The summed E-state index contributed by atoms with van der Waals surface area (Å²) in [6.07, 6.45) is -4.70. The summed E-state index contributed by atoms with van der Waals surface area (Å²) < 4.78 is 42.1. The van der Waals surface area contributed by atoms with Crippen LogP contribution in [-0.4, -0.2) is 15.5 Å². The Balaban J connectivity index is 2.00. The molecule has 1 aromatic heterocycles. The third-order valence-corrected chi connectivity index (χ3v) is 6.00. The number of carbonyl (C=O) groups excluding carboxylic acids is 1. The van der Waals surface area contributed by atoms with Crippen molar-refractivity contribution in [3.05, 3.63) is 100 Å². The lowest BCUT2D eigenvalue weighted by Crippen LogP contribution is -2.26. The molecule has 0 bridgehead atoms. The highest BCUT2D eigenvalue weighted by Gasteiger charge is 2.35. The maximum Gasteiger partial charge on any atom is 0.418 e. The summed E-state index contributed by atoms with van der Waals surface area (Å²) in [5.74, 6) is -0.709. The van der Waals surface area contributed by atoms with Crippen LogP contribution >= 0.6 is 11.8 Å². The van der Waals surface area contributed by atoms with Crippen LogP contribution < -0.4 is 11.3 Å². The van der Waals surface area contributed by atoms with E-state index in [0.717, 1.165) is 22.4 Å². The Morgan fingerprint density at radius 2 is 1.56 bits per heavy atom. The molecule has 0 aliphatic carbocycles. The lowest BCUT2D eigenvalue weighted by atomic mass is 10.1. The highest BCUT2D eigenvalue weighted by Crippen LogP contribution is 2.38. The summed E-state index contributed by atoms with van der Waals surface area (Å²) in [6.45, 7) is 0. The van der Waals surface area contributed by atoms with Crippen LogP contribution in [-0.2, 0) is 11.0 Å². The van der Waals surface area contributed by atoms with Gasteiger partial charge in [0.05, 0.1) is 22.2 Å². The molecule has 1 heterocycles. The van der Waals surface area contributed by atoms with Gasteiger partial charge in [-0.15, -0.1) is 0 Å². The molecule has 0 spiro atoms. The molecule has 0 aliphatic rings. The van der Waals surface area contributed by atoms with Gasteiger partial charge in [-0.2, -0.15) is 13.2 Å². The van der Waals surface area contributed by atoms with E-state index in [4.69, 9.17) is 5.73 Å². The van der Waals surface area contributed by atoms with Crippen LogP contribution in [0.25, 0.3) is 16.6 Å². The van der Waals surface area contributed by atoms with Gasteiger partial charge in [0.1, 0.15) is 5.25 Å². The highest BCUT2D eigenvalue weighted by molar-refractivity contribution is 8.00. The molecule has 0 radical (unpaired) electrons. The average molecular weight is 455 g/mol. The van der Waals surface area contributed by atoms with Crippen molar-refractivity contribution in [3.8, 4) is 5.69 Å². The number of nitrogens with two attached hydrogens (primary N) is 1. The molecule has 9 heteroatoms. The molecular weight excluding hydrogens is 439 g/mol. The summed E-state index contributed by atoms with van der Waals surface area (Å²) in [6, 6.07) is 19.6. The average Bonchev–Trinajstić information content (AvgIpc) is 2.77. The first-order chi connectivity index (χ1) is 15.3. The molecule has 3 aromatic carbocycles. The number of benzene rings is 3. The molecule has 4 rings (SSSR count). The quantitative estimate of drug-likeness (QED) is 0.349. The second-order valence-electron chi connectivity index (χ2n) is 6.88. The summed E-state index contributed by atoms with van der Waals surface area (Å²) >= 11 is 0.830. The molecule has 5 nitrogen and oxygen atoms in total. The first-order valence-corrected chi connectivity index (χ1v) is 10.3. The van der Waals surface area contributed by atoms with Crippen LogP contribution in [0.5, 0.6) is 0 Å². The summed E-state index contributed by atoms with van der Waals surface area (Å²) in [4.78, 5) is 30.0. The number of amides is 1. The molecule has 0 unspecified atom stereocenters. The number of primary amides is 1. The number of rotatable bonds is 5. The molecule has 1 atom stereocenters. The van der Waals surface area contributed by atoms with Crippen LogP contribution in [0.4, 0.5) is 13.2 Å². The van der Waals surface area contributed by atoms with Crippen molar-refractivity contribution in [1.82, 2.24) is 9.55 Å². The van der Waals surface area contributed by atoms with Crippen molar-refractivity contribution in [2.45, 2.75) is 16.6 Å². The van der Waals surface area contributed by atoms with Crippen molar-refractivity contribution in [1.29, 1.82) is 0 Å². The van der Waals surface area contributed by atoms with Gasteiger partial charge in [-0.25, -0.2) is 4.98 Å². The zero-order valence-electron chi connectivity index (χ0n) is 16.4. The second-order valence-corrected chi connectivity index (χ2v) is 7.95. The van der Waals surface area contributed by atoms with E-state index in [1.807, 2.05) is 0 Å². The van der Waals surface area contributed by atoms with Gasteiger partial charge >= 0.3 is 6.18 Å². The number of hydrogen-bond acceptors (Lipinski definition) is 4. The van der Waals surface area contributed by atoms with Crippen LogP contribution in [0.1, 0.15) is 16.4 Å². The molecule has 0 fully saturated rings. The van der Waals surface area contributed by atoms with E-state index in [1.54, 1.807) is 48.5 Å². The Bertz CT molecular complexity index is 1350. The number of halogens is 3. The van der Waals surface area contributed by atoms with E-state index in [9.17, 15) is 22.8 Å². The largest absolute Gasteiger partial charge is 0.418 e. The summed E-state index contributed by atoms with van der Waals surface area (Å²) in [7, 11) is 0. The third kappa shape index (κ3) is 4.11. The fraction of sp³-hybridized carbons (Fsp3) is 0.0870. The molecule has 0 saturated heterocycles. The van der Waals surface area contributed by atoms with Gasteiger partial charge in [0.25, 0.3) is 5.56 Å². The maximum absolute atomic E-state index is 13.8. The van der Waals surface area contributed by atoms with E-state index in [0.29, 0.717) is 11.1 Å². The molecular formula is C23H16F3N3O2S. The van der Waals surface area contributed by atoms with Crippen molar-refractivity contribution in [2.75, 3.05) is 0 Å². The fourth-order valence-electron chi connectivity index (χ4n) is 3.34. The van der Waals surface area contributed by atoms with Gasteiger partial charge in [-0.1, -0.05) is 66.4 Å². The lowest BCUT2D eigenvalue weighted by molar-refractivity contribution is -0.137. The van der Waals surface area contributed by atoms with Crippen LogP contribution in [0, 0.1) is 0 Å². The van der Waals surface area contributed by atoms with Gasteiger partial charge in [0.2, 0.25) is 5.91 Å². The zero-order valence-corrected chi connectivity index (χ0v) is 17.2. The monoisotopic (exact) mass is 455 g/mol. The maximum atomic E-state index is 13.8. The Morgan fingerprint density at radius 3 is 2.25 bits per heavy atom. The first kappa shape index (κ1) is 21.6. The number of para-hydroxylation sites is 2. The molecule has 1 amide bonds. The number of thioether (sulfide) groups is 1. The highest BCUT2D eigenvalue weighted by atomic mass is 32.2. The third-order valence-electron chi connectivity index (χ3n) is 4.78. The Morgan fingerprint density at radius 1 is 0.938 bits per heavy atom. The molecule has 2 N–H and O–H groups in total. The summed E-state index contributed by atoms with van der Waals surface area (Å²) in [5.41, 5.74) is 4.41. The second kappa shape index (κ2) is 8.51. The van der Waals surface area contributed by atoms with Crippen LogP contribution in [0.15, 0.2) is 88.8 Å². The summed E-state index contributed by atoms with van der Waals surface area (Å²) in [5, 5.41) is -0.879. The van der Waals surface area contributed by atoms with Crippen molar-refractivity contribution >= 4 is 28.6 Å². The van der Waals surface area contributed by atoms with E-state index in [2.05, 4.69) is 4.98 Å². The fourth-order valence-corrected chi connectivity index (χ4v) is 4.39. The van der Waals surface area contributed by atoms with Crippen molar-refractivity contribution in [3.63, 3.8) is 0 Å². The number of aromatic nitrogens is 2. The van der Waals surface area contributed by atoms with Crippen LogP contribution in [0.3, 0.4) is 0 Å². The van der Waals surface area contributed by atoms with Crippen molar-refractivity contribution < 1.29 is 18.0 Å². The van der Waals surface area contributed by atoms with Gasteiger partial charge in [-0.05, 0) is 29.8 Å². The minimum atomic E-state index is -4.70. The Hall–Kier alpha value is -3.59. The Labute approximate surface area is 184 Å². The standard InChI is InChI=1S/C23H16F3N3O2S/c24-23(25,26)16-11-5-7-13-18(16)29-21(31)15-10-4-6-12-17(15)28-22(29)32-19(20(27)30)14-8-2-1-3-9-14/h1-13,19H,(H2,27,30)/t19-/m0/s1. The van der Waals surface area contributed by atoms with Gasteiger partial charge in [0, 0.05) is 0 Å². The zero-order chi connectivity index (χ0) is 22.9. The Kier molecular flexibility index (Phi) is 5.75. The SMILES string of the molecule is NC(=O)[C@@H](Sc1nc2ccccc2c(=O)n1-c1ccccc1C(F)(F)F)c1ccccc1. The van der Waals surface area contributed by atoms with E-state index in [-0.39, 0.29) is 16.2 Å². The lowest BCUT2D eigenvalue weighted by Gasteiger charge is -2.20. The number of fused-ring (bicyclic) bond motifs is 1. The van der Waals surface area contributed by atoms with Gasteiger partial charge in [-0.3, -0.25) is 14.2 Å². The number of nitrogens with zero attached hydrogens (tertiary/aromatic N) is 2. The minimum absolute atomic E-state index is 0.0712. The predicted molar refractivity (Wildman–Crippen MR) is 117 cm³/mol. The van der Waals surface area contributed by atoms with Crippen molar-refractivity contribution in [2.24, 2.45) is 5.73 Å². The smallest absolute Gasteiger partial charge is 0.368 e. The van der Waals surface area contributed by atoms with E-state index >= 15 is 0 Å². The number of hydrogen-bond donors (Lipinski definition) is 1. The number of alkyl halides is 3. The topological polar surface area (TPSA) is 78.0 Å². The van der Waals surface area contributed by atoms with Crippen LogP contribution in [0.2, 0.25) is 0 Å². The van der Waals surface area contributed by atoms with Gasteiger partial charge in [0.15, 0.2) is 5.16 Å². The molecule has 32 heavy (non-hydrogen) atoms. The van der Waals surface area contributed by atoms with Gasteiger partial charge < -0.3 is 5.73 Å². The van der Waals surface area contributed by atoms with E-state index in [1.165, 1.54) is 24.3 Å². The normalized spacial score (nSPS) is 12.6.